The molecule has 1 aliphatic heterocycles. The first kappa shape index (κ1) is 20.2. The maximum absolute atomic E-state index is 12.7. The molecule has 1 aromatic rings. The number of benzene rings is 1. The van der Waals surface area contributed by atoms with E-state index in [9.17, 15) is 13.2 Å². The Balaban J connectivity index is 2.35. The van der Waals surface area contributed by atoms with Gasteiger partial charge in [-0.15, -0.1) is 4.40 Å². The van der Waals surface area contributed by atoms with Gasteiger partial charge in [-0.3, -0.25) is 4.79 Å². The Morgan fingerprint density at radius 1 is 1.42 bits per heavy atom. The van der Waals surface area contributed by atoms with Crippen LogP contribution in [0.3, 0.4) is 0 Å². The van der Waals surface area contributed by atoms with Crippen LogP contribution in [0.5, 0.6) is 0 Å². The van der Waals surface area contributed by atoms with Crippen molar-refractivity contribution in [1.82, 2.24) is 10.3 Å². The minimum absolute atomic E-state index is 0.0746. The smallest absolute Gasteiger partial charge is 0.285 e. The molecule has 2 rings (SSSR count). The zero-order chi connectivity index (χ0) is 19.5. The first-order valence-electron chi connectivity index (χ1n) is 8.03. The number of carbonyl (C=O) groups is 1. The first-order chi connectivity index (χ1) is 12.0. The maximum Gasteiger partial charge on any atom is 0.285 e. The third-order valence-electron chi connectivity index (χ3n) is 3.44. The highest BCUT2D eigenvalue weighted by Crippen LogP contribution is 2.27. The molecule has 0 spiro atoms. The van der Waals surface area contributed by atoms with Gasteiger partial charge in [0.05, 0.1) is 22.2 Å². The number of amides is 1. The minimum Gasteiger partial charge on any atom is -0.354 e. The van der Waals surface area contributed by atoms with E-state index in [1.165, 1.54) is 30.1 Å². The van der Waals surface area contributed by atoms with Crippen LogP contribution in [0.25, 0.3) is 0 Å². The molecule has 1 aromatic carbocycles. The number of rotatable bonds is 4. The van der Waals surface area contributed by atoms with Gasteiger partial charge >= 0.3 is 0 Å². The lowest BCUT2D eigenvalue weighted by Crippen LogP contribution is -2.39. The summed E-state index contributed by atoms with van der Waals surface area (Å²) in [6.45, 7) is 8.17. The second kappa shape index (κ2) is 7.63. The number of hydrogen-bond donors (Lipinski definition) is 2. The Hall–Kier alpha value is -2.13. The number of hydrazone groups is 1. The molecule has 2 N–H and O–H groups in total. The van der Waals surface area contributed by atoms with E-state index in [-0.39, 0.29) is 27.2 Å². The topological polar surface area (TPSA) is 103 Å². The van der Waals surface area contributed by atoms with Crippen LogP contribution in [-0.2, 0) is 14.8 Å². The van der Waals surface area contributed by atoms with E-state index in [4.69, 9.17) is 11.6 Å². The summed E-state index contributed by atoms with van der Waals surface area (Å²) in [6.07, 6.45) is 1.76. The maximum atomic E-state index is 12.7. The van der Waals surface area contributed by atoms with Crippen molar-refractivity contribution in [2.75, 3.05) is 18.4 Å². The van der Waals surface area contributed by atoms with Crippen LogP contribution in [0.1, 0.15) is 27.7 Å². The van der Waals surface area contributed by atoms with Crippen LogP contribution in [0, 0.1) is 5.41 Å². The van der Waals surface area contributed by atoms with Gasteiger partial charge in [0.25, 0.3) is 10.0 Å². The van der Waals surface area contributed by atoms with Crippen molar-refractivity contribution in [1.29, 1.82) is 0 Å². The van der Waals surface area contributed by atoms with E-state index in [2.05, 4.69) is 20.1 Å². The van der Waals surface area contributed by atoms with Crippen LogP contribution < -0.4 is 10.6 Å². The van der Waals surface area contributed by atoms with Gasteiger partial charge in [-0.2, -0.15) is 13.5 Å². The van der Waals surface area contributed by atoms with Crippen LogP contribution in [0.4, 0.5) is 5.69 Å². The van der Waals surface area contributed by atoms with E-state index in [1.54, 1.807) is 6.21 Å². The quantitative estimate of drug-likeness (QED) is 0.597. The normalized spacial score (nSPS) is 16.7. The van der Waals surface area contributed by atoms with Crippen LogP contribution in [-0.4, -0.2) is 44.6 Å². The highest BCUT2D eigenvalue weighted by atomic mass is 35.5. The Morgan fingerprint density at radius 3 is 2.62 bits per heavy atom. The molecule has 1 heterocycles. The molecule has 0 saturated heterocycles. The van der Waals surface area contributed by atoms with E-state index in [0.29, 0.717) is 18.8 Å². The summed E-state index contributed by atoms with van der Waals surface area (Å²) < 4.78 is 29.2. The zero-order valence-corrected chi connectivity index (χ0v) is 16.6. The summed E-state index contributed by atoms with van der Waals surface area (Å²) in [5, 5.41) is 11.3. The van der Waals surface area contributed by atoms with Gasteiger partial charge in [-0.05, 0) is 25.1 Å². The SMILES string of the molecule is CCN/C(=N\S(=O)(=O)c1ccc(NC(C)=O)c(Cl)c1)N1CC(C)(C)C=N1. The number of carbonyl (C=O) groups excluding carboxylic acids is 1. The van der Waals surface area contributed by atoms with E-state index in [1.807, 2.05) is 20.8 Å². The number of nitrogens with one attached hydrogen (secondary N) is 2. The van der Waals surface area contributed by atoms with Crippen LogP contribution in [0.15, 0.2) is 32.6 Å². The summed E-state index contributed by atoms with van der Waals surface area (Å²) in [6, 6.07) is 4.03. The summed E-state index contributed by atoms with van der Waals surface area (Å²) in [5.74, 6) is -0.152. The number of nitrogens with zero attached hydrogens (tertiary/aromatic N) is 3. The fourth-order valence-electron chi connectivity index (χ4n) is 2.27. The Morgan fingerprint density at radius 2 is 2.12 bits per heavy atom. The van der Waals surface area contributed by atoms with Crippen LogP contribution >= 0.6 is 11.6 Å². The van der Waals surface area contributed by atoms with Crippen molar-refractivity contribution in [3.8, 4) is 0 Å². The molecule has 8 nitrogen and oxygen atoms in total. The van der Waals surface area contributed by atoms with Gasteiger partial charge in [0.1, 0.15) is 0 Å². The van der Waals surface area contributed by atoms with Gasteiger partial charge in [0.2, 0.25) is 11.9 Å². The van der Waals surface area contributed by atoms with Gasteiger partial charge < -0.3 is 10.6 Å². The predicted octanol–water partition coefficient (Wildman–Crippen LogP) is 2.28. The molecule has 0 radical (unpaired) electrons. The number of anilines is 1. The summed E-state index contributed by atoms with van der Waals surface area (Å²) in [5.41, 5.74) is 0.156. The molecule has 1 amide bonds. The molecule has 0 atom stereocenters. The van der Waals surface area contributed by atoms with E-state index >= 15 is 0 Å². The van der Waals surface area contributed by atoms with Crippen molar-refractivity contribution >= 4 is 45.4 Å². The monoisotopic (exact) mass is 399 g/mol. The largest absolute Gasteiger partial charge is 0.354 e. The summed E-state index contributed by atoms with van der Waals surface area (Å²) in [7, 11) is -4.01. The second-order valence-corrected chi connectivity index (χ2v) is 8.55. The molecule has 1 aliphatic rings. The van der Waals surface area contributed by atoms with Crippen molar-refractivity contribution in [2.45, 2.75) is 32.6 Å². The lowest BCUT2D eigenvalue weighted by atomic mass is 9.97. The van der Waals surface area contributed by atoms with Crippen molar-refractivity contribution < 1.29 is 13.2 Å². The average molecular weight is 400 g/mol. The number of guanidine groups is 1. The highest BCUT2D eigenvalue weighted by Gasteiger charge is 2.29. The number of sulfonamides is 1. The molecule has 26 heavy (non-hydrogen) atoms. The number of halogens is 1. The predicted molar refractivity (Wildman–Crippen MR) is 103 cm³/mol. The van der Waals surface area contributed by atoms with Gasteiger partial charge in [0, 0.05) is 25.1 Å². The molecule has 0 unspecified atom stereocenters. The Bertz CT molecular complexity index is 865. The second-order valence-electron chi connectivity index (χ2n) is 6.53. The molecule has 0 bridgehead atoms. The molecule has 142 valence electrons. The Kier molecular flexibility index (Phi) is 5.92. The minimum atomic E-state index is -4.01. The molecule has 0 fully saturated rings. The molecular formula is C16H22ClN5O3S. The van der Waals surface area contributed by atoms with Gasteiger partial charge in [0.15, 0.2) is 0 Å². The first-order valence-corrected chi connectivity index (χ1v) is 9.84. The lowest BCUT2D eigenvalue weighted by molar-refractivity contribution is -0.114. The Labute approximate surface area is 158 Å². The third-order valence-corrected chi connectivity index (χ3v) is 5.01. The number of hydrogen-bond acceptors (Lipinski definition) is 4. The fourth-order valence-corrected chi connectivity index (χ4v) is 3.56. The van der Waals surface area contributed by atoms with Crippen molar-refractivity contribution in [3.63, 3.8) is 0 Å². The third kappa shape index (κ3) is 4.95. The van der Waals surface area contributed by atoms with Crippen molar-refractivity contribution in [3.05, 3.63) is 23.2 Å². The molecule has 0 aromatic heterocycles. The highest BCUT2D eigenvalue weighted by molar-refractivity contribution is 7.90. The van der Waals surface area contributed by atoms with Crippen LogP contribution in [0.2, 0.25) is 5.02 Å². The summed E-state index contributed by atoms with van der Waals surface area (Å²) >= 11 is 6.06. The zero-order valence-electron chi connectivity index (χ0n) is 15.1. The van der Waals surface area contributed by atoms with E-state index < -0.39 is 10.0 Å². The lowest BCUT2D eigenvalue weighted by Gasteiger charge is -2.21. The molecule has 0 saturated carbocycles. The molecular weight excluding hydrogens is 378 g/mol. The van der Waals surface area contributed by atoms with E-state index in [0.717, 1.165) is 0 Å². The van der Waals surface area contributed by atoms with Gasteiger partial charge in [-0.25, -0.2) is 5.01 Å². The van der Waals surface area contributed by atoms with Crippen molar-refractivity contribution in [2.24, 2.45) is 14.9 Å². The standard InChI is InChI=1S/C16H22ClN5O3S/c1-5-18-15(22-10-16(3,4)9-19-22)21-26(24,25)12-6-7-14(13(17)8-12)20-11(2)23/h6-9H,5,10H2,1-4H3,(H,18,21)(H,20,23). The molecule has 10 heteroatoms. The molecule has 0 aliphatic carbocycles. The average Bonchev–Trinajstić information content (AvgIpc) is 2.88. The fraction of sp³-hybridized carbons (Fsp3) is 0.438. The van der Waals surface area contributed by atoms with Gasteiger partial charge in [-0.1, -0.05) is 25.4 Å². The summed E-state index contributed by atoms with van der Waals surface area (Å²) in [4.78, 5) is 11.1.